The second-order valence-electron chi connectivity index (χ2n) is 4.60. The number of carbonyl (C=O) groups is 2. The minimum atomic E-state index is -0.285. The van der Waals surface area contributed by atoms with E-state index < -0.39 is 0 Å². The second kappa shape index (κ2) is 8.51. The van der Waals surface area contributed by atoms with Gasteiger partial charge in [0.2, 0.25) is 0 Å². The van der Waals surface area contributed by atoms with Gasteiger partial charge in [0.05, 0.1) is 4.88 Å². The number of rotatable bonds is 5. The predicted octanol–water partition coefficient (Wildman–Crippen LogP) is 3.84. The first-order valence-corrected chi connectivity index (χ1v) is 8.62. The molecule has 0 aliphatic carbocycles. The highest BCUT2D eigenvalue weighted by Crippen LogP contribution is 2.33. The Labute approximate surface area is 143 Å². The van der Waals surface area contributed by atoms with Gasteiger partial charge in [0.15, 0.2) is 0 Å². The maximum absolute atomic E-state index is 10.8. The average Bonchev–Trinajstić information content (AvgIpc) is 3.13. The lowest BCUT2D eigenvalue weighted by atomic mass is 10.3. The van der Waals surface area contributed by atoms with Crippen molar-refractivity contribution in [2.45, 2.75) is 26.9 Å². The third-order valence-corrected chi connectivity index (χ3v) is 4.93. The Hall–Kier alpha value is -2.10. The zero-order valence-corrected chi connectivity index (χ0v) is 14.5. The molecule has 2 aromatic rings. The van der Waals surface area contributed by atoms with Crippen LogP contribution in [0.25, 0.3) is 9.75 Å². The quantitative estimate of drug-likeness (QED) is 0.468. The number of thiophene rings is 2. The van der Waals surface area contributed by atoms with Crippen LogP contribution < -0.4 is 0 Å². The van der Waals surface area contributed by atoms with E-state index >= 15 is 0 Å². The van der Waals surface area contributed by atoms with Crippen molar-refractivity contribution in [1.82, 2.24) is 0 Å². The standard InChI is InChI=1S/C17H16O4S2/c1-12(18)20-10-4-3-5-14-6-8-16(22-14)17-9-7-15(23-17)11-21-13(2)19/h6-9H,4,10-11H2,1-2H3. The third-order valence-electron chi connectivity index (χ3n) is 2.67. The molecule has 2 rings (SSSR count). The first kappa shape index (κ1) is 17.3. The van der Waals surface area contributed by atoms with E-state index in [0.717, 1.165) is 19.5 Å². The molecule has 23 heavy (non-hydrogen) atoms. The Balaban J connectivity index is 1.93. The molecule has 0 aliphatic rings. The summed E-state index contributed by atoms with van der Waals surface area (Å²) >= 11 is 3.21. The van der Waals surface area contributed by atoms with Crippen molar-refractivity contribution in [3.63, 3.8) is 0 Å². The van der Waals surface area contributed by atoms with Crippen molar-refractivity contribution in [3.8, 4) is 21.6 Å². The van der Waals surface area contributed by atoms with Crippen molar-refractivity contribution >= 4 is 34.6 Å². The van der Waals surface area contributed by atoms with Crippen LogP contribution in [0.1, 0.15) is 30.0 Å². The van der Waals surface area contributed by atoms with Gasteiger partial charge in [0.1, 0.15) is 13.2 Å². The Morgan fingerprint density at radius 1 is 1.00 bits per heavy atom. The summed E-state index contributed by atoms with van der Waals surface area (Å²) in [6, 6.07) is 7.99. The Kier molecular flexibility index (Phi) is 6.39. The largest absolute Gasteiger partial charge is 0.465 e. The molecule has 2 heterocycles. The van der Waals surface area contributed by atoms with Crippen molar-refractivity contribution in [2.75, 3.05) is 6.61 Å². The summed E-state index contributed by atoms with van der Waals surface area (Å²) in [6.45, 7) is 3.43. The Bertz CT molecular complexity index is 746. The van der Waals surface area contributed by atoms with E-state index in [1.165, 1.54) is 13.8 Å². The maximum atomic E-state index is 10.8. The van der Waals surface area contributed by atoms with E-state index in [9.17, 15) is 9.59 Å². The van der Waals surface area contributed by atoms with Gasteiger partial charge in [0, 0.05) is 34.9 Å². The predicted molar refractivity (Wildman–Crippen MR) is 91.2 cm³/mol. The third kappa shape index (κ3) is 5.89. The molecule has 0 spiro atoms. The fourth-order valence-corrected chi connectivity index (χ4v) is 3.59. The van der Waals surface area contributed by atoms with Crippen LogP contribution in [0.2, 0.25) is 0 Å². The second-order valence-corrected chi connectivity index (χ2v) is 6.85. The molecular formula is C17H16O4S2. The molecule has 0 N–H and O–H groups in total. The van der Waals surface area contributed by atoms with Crippen molar-refractivity contribution in [2.24, 2.45) is 0 Å². The minimum Gasteiger partial charge on any atom is -0.465 e. The molecule has 0 bridgehead atoms. The van der Waals surface area contributed by atoms with Gasteiger partial charge in [-0.1, -0.05) is 11.8 Å². The molecule has 0 fully saturated rings. The topological polar surface area (TPSA) is 52.6 Å². The zero-order chi connectivity index (χ0) is 16.7. The molecule has 4 nitrogen and oxygen atoms in total. The van der Waals surface area contributed by atoms with Gasteiger partial charge >= 0.3 is 11.9 Å². The fraction of sp³-hybridized carbons (Fsp3) is 0.294. The minimum absolute atomic E-state index is 0.276. The normalized spacial score (nSPS) is 9.83. The van der Waals surface area contributed by atoms with Gasteiger partial charge in [-0.3, -0.25) is 9.59 Å². The summed E-state index contributed by atoms with van der Waals surface area (Å²) in [5, 5.41) is 0. The van der Waals surface area contributed by atoms with Crippen LogP contribution in [0.5, 0.6) is 0 Å². The molecule has 0 atom stereocenters. The van der Waals surface area contributed by atoms with Crippen LogP contribution in [0.4, 0.5) is 0 Å². The summed E-state index contributed by atoms with van der Waals surface area (Å²) in [7, 11) is 0. The van der Waals surface area contributed by atoms with Gasteiger partial charge in [-0.2, -0.15) is 0 Å². The van der Waals surface area contributed by atoms with E-state index in [4.69, 9.17) is 9.47 Å². The SMILES string of the molecule is CC(=O)OCCC#Cc1ccc(-c2ccc(COC(C)=O)s2)s1. The lowest BCUT2D eigenvalue weighted by Gasteiger charge is -1.97. The van der Waals surface area contributed by atoms with E-state index in [1.807, 2.05) is 24.3 Å². The average molecular weight is 348 g/mol. The molecule has 0 radical (unpaired) electrons. The number of hydrogen-bond acceptors (Lipinski definition) is 6. The van der Waals surface area contributed by atoms with Gasteiger partial charge < -0.3 is 9.47 Å². The Morgan fingerprint density at radius 3 is 2.43 bits per heavy atom. The van der Waals surface area contributed by atoms with Crippen molar-refractivity contribution < 1.29 is 19.1 Å². The van der Waals surface area contributed by atoms with Crippen LogP contribution in [0.15, 0.2) is 24.3 Å². The molecule has 0 amide bonds. The molecule has 0 saturated heterocycles. The first-order valence-electron chi connectivity index (χ1n) is 6.99. The highest BCUT2D eigenvalue weighted by atomic mass is 32.1. The van der Waals surface area contributed by atoms with Gasteiger partial charge in [-0.05, 0) is 24.3 Å². The zero-order valence-electron chi connectivity index (χ0n) is 12.9. The number of carbonyl (C=O) groups excluding carboxylic acids is 2. The molecule has 120 valence electrons. The number of esters is 2. The van der Waals surface area contributed by atoms with E-state index in [-0.39, 0.29) is 11.9 Å². The van der Waals surface area contributed by atoms with Gasteiger partial charge in [-0.25, -0.2) is 0 Å². The summed E-state index contributed by atoms with van der Waals surface area (Å²) in [6.07, 6.45) is 0.526. The van der Waals surface area contributed by atoms with Crippen LogP contribution in [-0.4, -0.2) is 18.5 Å². The molecule has 0 unspecified atom stereocenters. The van der Waals surface area contributed by atoms with Crippen LogP contribution in [-0.2, 0) is 25.7 Å². The summed E-state index contributed by atoms with van der Waals surface area (Å²) in [5.41, 5.74) is 0. The van der Waals surface area contributed by atoms with E-state index in [2.05, 4.69) is 11.8 Å². The maximum Gasteiger partial charge on any atom is 0.302 e. The molecule has 0 saturated carbocycles. The van der Waals surface area contributed by atoms with Crippen LogP contribution >= 0.6 is 22.7 Å². The fourth-order valence-electron chi connectivity index (χ4n) is 1.69. The molecule has 0 aromatic carbocycles. The highest BCUT2D eigenvalue weighted by Gasteiger charge is 2.06. The monoisotopic (exact) mass is 348 g/mol. The lowest BCUT2D eigenvalue weighted by Crippen LogP contribution is -1.98. The van der Waals surface area contributed by atoms with Crippen LogP contribution in [0, 0.1) is 11.8 Å². The molecule has 6 heteroatoms. The van der Waals surface area contributed by atoms with E-state index in [0.29, 0.717) is 19.6 Å². The smallest absolute Gasteiger partial charge is 0.302 e. The first-order chi connectivity index (χ1) is 11.0. The summed E-state index contributed by atoms with van der Waals surface area (Å²) in [5.74, 6) is 5.50. The number of hydrogen-bond donors (Lipinski definition) is 0. The van der Waals surface area contributed by atoms with Gasteiger partial charge in [0.25, 0.3) is 0 Å². The van der Waals surface area contributed by atoms with Crippen molar-refractivity contribution in [1.29, 1.82) is 0 Å². The molecule has 2 aromatic heterocycles. The lowest BCUT2D eigenvalue weighted by molar-refractivity contribution is -0.142. The van der Waals surface area contributed by atoms with E-state index in [1.54, 1.807) is 22.7 Å². The molecule has 0 aliphatic heterocycles. The number of ether oxygens (including phenoxy) is 2. The summed E-state index contributed by atoms with van der Waals surface area (Å²) < 4.78 is 9.82. The Morgan fingerprint density at radius 2 is 1.70 bits per heavy atom. The van der Waals surface area contributed by atoms with Crippen molar-refractivity contribution in [3.05, 3.63) is 34.0 Å². The molecular weight excluding hydrogens is 332 g/mol. The highest BCUT2D eigenvalue weighted by molar-refractivity contribution is 7.22. The summed E-state index contributed by atoms with van der Waals surface area (Å²) in [4.78, 5) is 25.7. The van der Waals surface area contributed by atoms with Gasteiger partial charge in [-0.15, -0.1) is 22.7 Å². The van der Waals surface area contributed by atoms with Crippen LogP contribution in [0.3, 0.4) is 0 Å².